The van der Waals surface area contributed by atoms with Crippen molar-refractivity contribution in [2.45, 2.75) is 47.0 Å². The third-order valence-corrected chi connectivity index (χ3v) is 3.49. The van der Waals surface area contributed by atoms with E-state index in [-0.39, 0.29) is 11.4 Å². The van der Waals surface area contributed by atoms with Crippen molar-refractivity contribution in [2.24, 2.45) is 11.3 Å². The first-order chi connectivity index (χ1) is 7.94. The van der Waals surface area contributed by atoms with Gasteiger partial charge in [-0.15, -0.1) is 0 Å². The van der Waals surface area contributed by atoms with Gasteiger partial charge in [0.05, 0.1) is 6.61 Å². The molecule has 0 aromatic rings. The molecule has 0 aromatic carbocycles. The van der Waals surface area contributed by atoms with E-state index in [1.54, 1.807) is 0 Å². The number of esters is 1. The molecule has 0 fully saturated rings. The molecule has 0 saturated carbocycles. The number of hydrogen-bond acceptors (Lipinski definition) is 2. The van der Waals surface area contributed by atoms with Crippen molar-refractivity contribution in [3.8, 4) is 0 Å². The van der Waals surface area contributed by atoms with Gasteiger partial charge in [-0.1, -0.05) is 44.6 Å². The number of hydrogen-bond donors (Lipinski definition) is 0. The Labute approximate surface area is 105 Å². The van der Waals surface area contributed by atoms with Crippen LogP contribution in [-0.2, 0) is 9.53 Å². The van der Waals surface area contributed by atoms with Gasteiger partial charge in [0.2, 0.25) is 0 Å². The number of allylic oxidation sites excluding steroid dienone is 4. The first kappa shape index (κ1) is 14.0. The van der Waals surface area contributed by atoms with Crippen molar-refractivity contribution in [1.82, 2.24) is 0 Å². The van der Waals surface area contributed by atoms with Gasteiger partial charge in [0.15, 0.2) is 0 Å². The molecule has 0 spiro atoms. The van der Waals surface area contributed by atoms with Crippen molar-refractivity contribution in [3.05, 3.63) is 23.8 Å². The van der Waals surface area contributed by atoms with Gasteiger partial charge in [0.1, 0.15) is 0 Å². The highest BCUT2D eigenvalue weighted by atomic mass is 16.5. The van der Waals surface area contributed by atoms with Gasteiger partial charge in [-0.3, -0.25) is 4.79 Å². The fourth-order valence-electron chi connectivity index (χ4n) is 1.98. The quantitative estimate of drug-likeness (QED) is 0.677. The lowest BCUT2D eigenvalue weighted by atomic mass is 9.75. The minimum absolute atomic E-state index is 0.0726. The molecule has 0 bridgehead atoms. The predicted molar refractivity (Wildman–Crippen MR) is 70.7 cm³/mol. The van der Waals surface area contributed by atoms with Crippen molar-refractivity contribution in [1.29, 1.82) is 0 Å². The van der Waals surface area contributed by atoms with E-state index in [0.717, 1.165) is 12.8 Å². The standard InChI is InChI=1S/C15H24O2/c1-12(2)11-14(16)17-10-9-15(4)8-6-5-7-13(15)3/h5-7,12H,8-11H2,1-4H3. The lowest BCUT2D eigenvalue weighted by Crippen LogP contribution is -2.22. The van der Waals surface area contributed by atoms with E-state index in [0.29, 0.717) is 18.9 Å². The highest BCUT2D eigenvalue weighted by Crippen LogP contribution is 2.37. The summed E-state index contributed by atoms with van der Waals surface area (Å²) in [5.41, 5.74) is 1.53. The van der Waals surface area contributed by atoms with Crippen LogP contribution in [0.2, 0.25) is 0 Å². The molecule has 0 radical (unpaired) electrons. The van der Waals surface area contributed by atoms with Gasteiger partial charge in [0.25, 0.3) is 0 Å². The second-order valence-corrected chi connectivity index (χ2v) is 5.61. The highest BCUT2D eigenvalue weighted by Gasteiger charge is 2.26. The Morgan fingerprint density at radius 1 is 1.53 bits per heavy atom. The summed E-state index contributed by atoms with van der Waals surface area (Å²) >= 11 is 0. The monoisotopic (exact) mass is 236 g/mol. The van der Waals surface area contributed by atoms with Crippen molar-refractivity contribution in [3.63, 3.8) is 0 Å². The normalized spacial score (nSPS) is 23.7. The maximum Gasteiger partial charge on any atom is 0.306 e. The Morgan fingerprint density at radius 2 is 2.24 bits per heavy atom. The number of carbonyl (C=O) groups excluding carboxylic acids is 1. The molecule has 0 amide bonds. The zero-order valence-corrected chi connectivity index (χ0v) is 11.5. The maximum absolute atomic E-state index is 11.4. The highest BCUT2D eigenvalue weighted by molar-refractivity contribution is 5.69. The van der Waals surface area contributed by atoms with Crippen LogP contribution in [0.1, 0.15) is 47.0 Å². The minimum Gasteiger partial charge on any atom is -0.466 e. The summed E-state index contributed by atoms with van der Waals surface area (Å²) in [6.07, 6.45) is 8.90. The average molecular weight is 236 g/mol. The van der Waals surface area contributed by atoms with E-state index in [2.05, 4.69) is 32.1 Å². The predicted octanol–water partition coefficient (Wildman–Crippen LogP) is 3.88. The Bertz CT molecular complexity index is 326. The molecular weight excluding hydrogens is 212 g/mol. The molecule has 96 valence electrons. The lowest BCUT2D eigenvalue weighted by molar-refractivity contribution is -0.145. The van der Waals surface area contributed by atoms with Crippen LogP contribution in [0.4, 0.5) is 0 Å². The molecule has 0 aromatic heterocycles. The van der Waals surface area contributed by atoms with Crippen molar-refractivity contribution < 1.29 is 9.53 Å². The second kappa shape index (κ2) is 6.04. The van der Waals surface area contributed by atoms with Crippen LogP contribution in [0.15, 0.2) is 23.8 Å². The molecule has 2 nitrogen and oxygen atoms in total. The SMILES string of the molecule is CC1=CC=CCC1(C)CCOC(=O)CC(C)C. The van der Waals surface area contributed by atoms with E-state index in [1.807, 2.05) is 13.8 Å². The molecule has 1 aliphatic carbocycles. The summed E-state index contributed by atoms with van der Waals surface area (Å²) in [4.78, 5) is 11.4. The smallest absolute Gasteiger partial charge is 0.306 e. The average Bonchev–Trinajstić information content (AvgIpc) is 2.21. The molecule has 0 heterocycles. The fourth-order valence-corrected chi connectivity index (χ4v) is 1.98. The second-order valence-electron chi connectivity index (χ2n) is 5.61. The first-order valence-corrected chi connectivity index (χ1v) is 6.43. The summed E-state index contributed by atoms with van der Waals surface area (Å²) < 4.78 is 5.28. The molecule has 0 aliphatic heterocycles. The van der Waals surface area contributed by atoms with Crippen LogP contribution in [0.25, 0.3) is 0 Å². The Hall–Kier alpha value is -1.05. The molecule has 17 heavy (non-hydrogen) atoms. The molecule has 0 saturated heterocycles. The Balaban J connectivity index is 2.34. The van der Waals surface area contributed by atoms with Gasteiger partial charge < -0.3 is 4.74 Å². The van der Waals surface area contributed by atoms with Crippen molar-refractivity contribution in [2.75, 3.05) is 6.61 Å². The minimum atomic E-state index is -0.0726. The molecule has 1 aliphatic rings. The van der Waals surface area contributed by atoms with Gasteiger partial charge in [-0.2, -0.15) is 0 Å². The van der Waals surface area contributed by atoms with Crippen LogP contribution >= 0.6 is 0 Å². The van der Waals surface area contributed by atoms with Gasteiger partial charge in [-0.05, 0) is 31.1 Å². The number of rotatable bonds is 5. The molecule has 1 atom stereocenters. The number of carbonyl (C=O) groups is 1. The molecule has 0 N–H and O–H groups in total. The summed E-state index contributed by atoms with van der Waals surface area (Å²) in [6.45, 7) is 8.97. The largest absolute Gasteiger partial charge is 0.466 e. The Morgan fingerprint density at radius 3 is 2.82 bits per heavy atom. The van der Waals surface area contributed by atoms with E-state index in [9.17, 15) is 4.79 Å². The summed E-state index contributed by atoms with van der Waals surface area (Å²) in [5.74, 6) is 0.300. The Kier molecular flexibility index (Phi) is 4.98. The van der Waals surface area contributed by atoms with Gasteiger partial charge >= 0.3 is 5.97 Å². The van der Waals surface area contributed by atoms with Crippen LogP contribution in [0, 0.1) is 11.3 Å². The van der Waals surface area contributed by atoms with E-state index < -0.39 is 0 Å². The third-order valence-electron chi connectivity index (χ3n) is 3.49. The van der Waals surface area contributed by atoms with Gasteiger partial charge in [-0.25, -0.2) is 0 Å². The lowest BCUT2D eigenvalue weighted by Gasteiger charge is -2.31. The number of ether oxygens (including phenoxy) is 1. The third kappa shape index (κ3) is 4.37. The van der Waals surface area contributed by atoms with Gasteiger partial charge in [0, 0.05) is 6.42 Å². The molecular formula is C15H24O2. The van der Waals surface area contributed by atoms with Crippen LogP contribution in [-0.4, -0.2) is 12.6 Å². The van der Waals surface area contributed by atoms with Crippen LogP contribution in [0.3, 0.4) is 0 Å². The van der Waals surface area contributed by atoms with Crippen LogP contribution < -0.4 is 0 Å². The molecule has 2 heteroatoms. The zero-order valence-electron chi connectivity index (χ0n) is 11.5. The van der Waals surface area contributed by atoms with Crippen molar-refractivity contribution >= 4 is 5.97 Å². The zero-order chi connectivity index (χ0) is 12.9. The summed E-state index contributed by atoms with van der Waals surface area (Å²) in [6, 6.07) is 0. The summed E-state index contributed by atoms with van der Waals surface area (Å²) in [5, 5.41) is 0. The van der Waals surface area contributed by atoms with E-state index in [1.165, 1.54) is 5.57 Å². The first-order valence-electron chi connectivity index (χ1n) is 6.43. The molecule has 1 unspecified atom stereocenters. The van der Waals surface area contributed by atoms with Crippen LogP contribution in [0.5, 0.6) is 0 Å². The summed E-state index contributed by atoms with van der Waals surface area (Å²) in [7, 11) is 0. The topological polar surface area (TPSA) is 26.3 Å². The molecule has 1 rings (SSSR count). The van der Waals surface area contributed by atoms with E-state index in [4.69, 9.17) is 4.74 Å². The fraction of sp³-hybridized carbons (Fsp3) is 0.667. The van der Waals surface area contributed by atoms with E-state index >= 15 is 0 Å². The maximum atomic E-state index is 11.4.